The quantitative estimate of drug-likeness (QED) is 0.639. The van der Waals surface area contributed by atoms with Crippen molar-refractivity contribution in [2.24, 2.45) is 5.10 Å². The van der Waals surface area contributed by atoms with Crippen LogP contribution in [0.15, 0.2) is 52.5 Å². The number of ether oxygens (including phenoxy) is 2. The van der Waals surface area contributed by atoms with Crippen LogP contribution in [0.3, 0.4) is 0 Å². The van der Waals surface area contributed by atoms with Crippen molar-refractivity contribution in [1.82, 2.24) is 4.83 Å². The number of halogens is 1. The van der Waals surface area contributed by atoms with E-state index in [4.69, 9.17) is 21.1 Å². The zero-order chi connectivity index (χ0) is 16.9. The number of rotatable bonds is 6. The van der Waals surface area contributed by atoms with E-state index in [9.17, 15) is 8.42 Å². The summed E-state index contributed by atoms with van der Waals surface area (Å²) >= 11 is 5.78. The Labute approximate surface area is 139 Å². The van der Waals surface area contributed by atoms with Crippen LogP contribution in [0.1, 0.15) is 5.56 Å². The summed E-state index contributed by atoms with van der Waals surface area (Å²) in [5, 5.41) is 4.33. The molecule has 2 rings (SSSR count). The molecule has 0 heterocycles. The van der Waals surface area contributed by atoms with Crippen LogP contribution in [0.5, 0.6) is 11.5 Å². The van der Waals surface area contributed by atoms with Gasteiger partial charge >= 0.3 is 0 Å². The minimum absolute atomic E-state index is 0.0624. The Bertz CT molecular complexity index is 805. The summed E-state index contributed by atoms with van der Waals surface area (Å²) in [6.45, 7) is 0. The minimum Gasteiger partial charge on any atom is -0.497 e. The lowest BCUT2D eigenvalue weighted by molar-refractivity contribution is 0.392. The number of hydrazone groups is 1. The highest BCUT2D eigenvalue weighted by molar-refractivity contribution is 7.89. The number of benzene rings is 2. The molecular formula is C15H15ClN2O4S. The van der Waals surface area contributed by atoms with Gasteiger partial charge < -0.3 is 9.47 Å². The van der Waals surface area contributed by atoms with Gasteiger partial charge in [-0.25, -0.2) is 0 Å². The molecule has 0 radical (unpaired) electrons. The van der Waals surface area contributed by atoms with E-state index in [-0.39, 0.29) is 10.6 Å². The molecule has 2 aromatic carbocycles. The van der Waals surface area contributed by atoms with E-state index < -0.39 is 10.0 Å². The van der Waals surface area contributed by atoms with Crippen molar-refractivity contribution < 1.29 is 17.9 Å². The molecule has 0 fully saturated rings. The van der Waals surface area contributed by atoms with E-state index in [0.29, 0.717) is 16.3 Å². The van der Waals surface area contributed by atoms with Gasteiger partial charge in [0.05, 0.1) is 20.4 Å². The van der Waals surface area contributed by atoms with Crippen LogP contribution >= 0.6 is 11.6 Å². The molecular weight excluding hydrogens is 340 g/mol. The molecule has 0 spiro atoms. The molecule has 0 saturated heterocycles. The summed E-state index contributed by atoms with van der Waals surface area (Å²) in [5.41, 5.74) is 0.703. The predicted octanol–water partition coefficient (Wildman–Crippen LogP) is 2.67. The number of hydrogen-bond acceptors (Lipinski definition) is 5. The first-order valence-electron chi connectivity index (χ1n) is 6.49. The van der Waals surface area contributed by atoms with Crippen molar-refractivity contribution in [1.29, 1.82) is 0 Å². The van der Waals surface area contributed by atoms with Crippen LogP contribution in [0.2, 0.25) is 5.02 Å². The zero-order valence-corrected chi connectivity index (χ0v) is 14.1. The van der Waals surface area contributed by atoms with Gasteiger partial charge in [0.25, 0.3) is 10.0 Å². The van der Waals surface area contributed by atoms with Gasteiger partial charge in [0, 0.05) is 11.1 Å². The van der Waals surface area contributed by atoms with Gasteiger partial charge in [-0.2, -0.15) is 18.4 Å². The topological polar surface area (TPSA) is 77.0 Å². The fourth-order valence-electron chi connectivity index (χ4n) is 1.76. The average molecular weight is 355 g/mol. The molecule has 0 aliphatic carbocycles. The van der Waals surface area contributed by atoms with Crippen LogP contribution in [-0.2, 0) is 10.0 Å². The average Bonchev–Trinajstić information content (AvgIpc) is 2.56. The number of sulfonamides is 1. The standard InChI is InChI=1S/C15H15ClN2O4S/c1-21-13-7-8-14(22-2)15(9-13)23(19,20)18-17-10-11-3-5-12(16)6-4-11/h3-10,18H,1-2H3/b17-10+. The molecule has 1 N–H and O–H groups in total. The maximum absolute atomic E-state index is 12.3. The molecule has 0 aliphatic rings. The van der Waals surface area contributed by atoms with Crippen molar-refractivity contribution in [2.45, 2.75) is 4.90 Å². The zero-order valence-electron chi connectivity index (χ0n) is 12.5. The third-order valence-electron chi connectivity index (χ3n) is 2.92. The summed E-state index contributed by atoms with van der Waals surface area (Å²) in [5.74, 6) is 0.591. The van der Waals surface area contributed by atoms with E-state index in [1.54, 1.807) is 30.3 Å². The van der Waals surface area contributed by atoms with Crippen molar-refractivity contribution in [2.75, 3.05) is 14.2 Å². The van der Waals surface area contributed by atoms with Crippen molar-refractivity contribution >= 4 is 27.8 Å². The molecule has 0 saturated carbocycles. The summed E-state index contributed by atoms with van der Waals surface area (Å²) < 4.78 is 34.8. The first-order chi connectivity index (χ1) is 11.0. The molecule has 0 aromatic heterocycles. The second-order valence-corrected chi connectivity index (χ2v) is 6.49. The summed E-state index contributed by atoms with van der Waals surface area (Å²) in [6.07, 6.45) is 1.38. The van der Waals surface area contributed by atoms with Crippen LogP contribution < -0.4 is 14.3 Å². The molecule has 23 heavy (non-hydrogen) atoms. The number of nitrogens with one attached hydrogen (secondary N) is 1. The lowest BCUT2D eigenvalue weighted by Gasteiger charge is -2.10. The Balaban J connectivity index is 2.23. The molecule has 2 aromatic rings. The minimum atomic E-state index is -3.89. The Hall–Kier alpha value is -2.25. The lowest BCUT2D eigenvalue weighted by Crippen LogP contribution is -2.19. The number of hydrogen-bond donors (Lipinski definition) is 1. The molecule has 0 amide bonds. The predicted molar refractivity (Wildman–Crippen MR) is 88.9 cm³/mol. The Kier molecular flexibility index (Phi) is 5.46. The maximum atomic E-state index is 12.3. The van der Waals surface area contributed by atoms with E-state index in [1.165, 1.54) is 32.6 Å². The normalized spacial score (nSPS) is 11.4. The van der Waals surface area contributed by atoms with Gasteiger partial charge in [-0.3, -0.25) is 0 Å². The van der Waals surface area contributed by atoms with E-state index in [0.717, 1.165) is 0 Å². The van der Waals surface area contributed by atoms with E-state index >= 15 is 0 Å². The highest BCUT2D eigenvalue weighted by Gasteiger charge is 2.19. The molecule has 6 nitrogen and oxygen atoms in total. The number of methoxy groups -OCH3 is 2. The van der Waals surface area contributed by atoms with Gasteiger partial charge in [-0.05, 0) is 29.8 Å². The fraction of sp³-hybridized carbons (Fsp3) is 0.133. The van der Waals surface area contributed by atoms with E-state index in [1.807, 2.05) is 0 Å². The van der Waals surface area contributed by atoms with Gasteiger partial charge in [0.1, 0.15) is 16.4 Å². The Morgan fingerprint density at radius 1 is 1.09 bits per heavy atom. The molecule has 8 heteroatoms. The molecule has 0 atom stereocenters. The third kappa shape index (κ3) is 4.37. The summed E-state index contributed by atoms with van der Waals surface area (Å²) in [4.78, 5) is 2.08. The van der Waals surface area contributed by atoms with Crippen LogP contribution in [0, 0.1) is 0 Å². The largest absolute Gasteiger partial charge is 0.497 e. The molecule has 0 bridgehead atoms. The molecule has 0 aliphatic heterocycles. The Morgan fingerprint density at radius 3 is 2.39 bits per heavy atom. The van der Waals surface area contributed by atoms with Gasteiger partial charge in [0.15, 0.2) is 0 Å². The second kappa shape index (κ2) is 7.34. The van der Waals surface area contributed by atoms with Crippen LogP contribution in [0.25, 0.3) is 0 Å². The highest BCUT2D eigenvalue weighted by Crippen LogP contribution is 2.27. The lowest BCUT2D eigenvalue weighted by atomic mass is 10.2. The van der Waals surface area contributed by atoms with Gasteiger partial charge in [-0.1, -0.05) is 23.7 Å². The summed E-state index contributed by atoms with van der Waals surface area (Å²) in [7, 11) is -1.06. The van der Waals surface area contributed by atoms with Gasteiger partial charge in [0.2, 0.25) is 0 Å². The monoisotopic (exact) mass is 354 g/mol. The molecule has 122 valence electrons. The Morgan fingerprint density at radius 2 is 1.78 bits per heavy atom. The molecule has 0 unspecified atom stereocenters. The maximum Gasteiger partial charge on any atom is 0.280 e. The van der Waals surface area contributed by atoms with Gasteiger partial charge in [-0.15, -0.1) is 0 Å². The first-order valence-corrected chi connectivity index (χ1v) is 8.35. The van der Waals surface area contributed by atoms with Crippen LogP contribution in [-0.4, -0.2) is 28.9 Å². The van der Waals surface area contributed by atoms with Crippen molar-refractivity contribution in [3.8, 4) is 11.5 Å². The smallest absolute Gasteiger partial charge is 0.280 e. The van der Waals surface area contributed by atoms with E-state index in [2.05, 4.69) is 9.93 Å². The van der Waals surface area contributed by atoms with Crippen molar-refractivity contribution in [3.05, 3.63) is 53.1 Å². The van der Waals surface area contributed by atoms with Crippen molar-refractivity contribution in [3.63, 3.8) is 0 Å². The highest BCUT2D eigenvalue weighted by atomic mass is 35.5. The first kappa shape index (κ1) is 17.1. The fourth-order valence-corrected chi connectivity index (χ4v) is 2.87. The SMILES string of the molecule is COc1ccc(OC)c(S(=O)(=O)N/N=C/c2ccc(Cl)cc2)c1. The van der Waals surface area contributed by atoms with Crippen LogP contribution in [0.4, 0.5) is 0 Å². The summed E-state index contributed by atoms with van der Waals surface area (Å²) in [6, 6.07) is 11.3. The second-order valence-electron chi connectivity index (χ2n) is 4.42. The third-order valence-corrected chi connectivity index (χ3v) is 4.41. The number of nitrogens with zero attached hydrogens (tertiary/aromatic N) is 1.